The van der Waals surface area contributed by atoms with Gasteiger partial charge < -0.3 is 14.8 Å². The second-order valence-electron chi connectivity index (χ2n) is 8.27. The second-order valence-corrected chi connectivity index (χ2v) is 8.27. The Morgan fingerprint density at radius 3 is 1.45 bits per heavy atom. The molecule has 33 heavy (non-hydrogen) atoms. The minimum atomic E-state index is -1.11. The molecule has 1 saturated carbocycles. The Bertz CT molecular complexity index is 1170. The Balaban J connectivity index is 1.73. The molecule has 0 amide bonds. The summed E-state index contributed by atoms with van der Waals surface area (Å²) < 4.78 is 1.97. The van der Waals surface area contributed by atoms with Gasteiger partial charge in [-0.15, -0.1) is 0 Å². The van der Waals surface area contributed by atoms with E-state index in [0.717, 1.165) is 16.7 Å². The summed E-state index contributed by atoms with van der Waals surface area (Å²) in [5.74, 6) is -4.80. The first kappa shape index (κ1) is 20.7. The molecule has 3 aromatic carbocycles. The number of hydrogen-bond donors (Lipinski definition) is 2. The van der Waals surface area contributed by atoms with Gasteiger partial charge >= 0.3 is 11.9 Å². The van der Waals surface area contributed by atoms with E-state index in [4.69, 9.17) is 0 Å². The summed E-state index contributed by atoms with van der Waals surface area (Å²) in [7, 11) is 0. The Morgan fingerprint density at radius 2 is 1.09 bits per heavy atom. The largest absolute Gasteiger partial charge is 0.481 e. The summed E-state index contributed by atoms with van der Waals surface area (Å²) in [5.41, 5.74) is 2.72. The third kappa shape index (κ3) is 3.31. The lowest BCUT2D eigenvalue weighted by atomic mass is 9.77. The Hall–Kier alpha value is -4.19. The van der Waals surface area contributed by atoms with E-state index in [9.17, 15) is 19.8 Å². The number of aromatic nitrogens is 2. The number of rotatable bonds is 7. The van der Waals surface area contributed by atoms with Crippen LogP contribution in [0.25, 0.3) is 0 Å². The predicted octanol–water partition coefficient (Wildman–Crippen LogP) is 4.22. The Labute approximate surface area is 190 Å². The van der Waals surface area contributed by atoms with Gasteiger partial charge in [0.1, 0.15) is 5.54 Å². The molecule has 0 spiro atoms. The van der Waals surface area contributed by atoms with Crippen molar-refractivity contribution in [2.45, 2.75) is 11.5 Å². The zero-order valence-corrected chi connectivity index (χ0v) is 17.7. The van der Waals surface area contributed by atoms with Gasteiger partial charge in [0, 0.05) is 12.1 Å². The van der Waals surface area contributed by atoms with E-state index in [1.165, 1.54) is 0 Å². The topological polar surface area (TPSA) is 92.4 Å². The average Bonchev–Trinajstić information content (AvgIpc) is 3.44. The van der Waals surface area contributed by atoms with Crippen molar-refractivity contribution < 1.29 is 19.8 Å². The molecule has 1 aromatic heterocycles. The fourth-order valence-corrected chi connectivity index (χ4v) is 4.97. The van der Waals surface area contributed by atoms with Crippen molar-refractivity contribution in [1.82, 2.24) is 9.55 Å². The number of aliphatic carboxylic acids is 2. The van der Waals surface area contributed by atoms with Crippen LogP contribution in [0, 0.1) is 11.8 Å². The first-order valence-corrected chi connectivity index (χ1v) is 10.7. The fourth-order valence-electron chi connectivity index (χ4n) is 4.97. The molecule has 0 saturated heterocycles. The molecule has 4 aromatic rings. The summed E-state index contributed by atoms with van der Waals surface area (Å²) in [6.45, 7) is 0. The maximum absolute atomic E-state index is 11.6. The third-order valence-corrected chi connectivity index (χ3v) is 6.50. The number of benzene rings is 3. The molecule has 0 radical (unpaired) electrons. The van der Waals surface area contributed by atoms with Gasteiger partial charge in [-0.2, -0.15) is 0 Å². The highest BCUT2D eigenvalue weighted by atomic mass is 16.4. The van der Waals surface area contributed by atoms with Crippen molar-refractivity contribution in [3.63, 3.8) is 0 Å². The lowest BCUT2D eigenvalue weighted by Gasteiger charge is -2.37. The number of imidazole rings is 1. The first-order valence-electron chi connectivity index (χ1n) is 10.7. The molecule has 6 nitrogen and oxygen atoms in total. The zero-order valence-electron chi connectivity index (χ0n) is 17.7. The third-order valence-electron chi connectivity index (χ3n) is 6.50. The van der Waals surface area contributed by atoms with Crippen LogP contribution in [0.5, 0.6) is 0 Å². The molecule has 6 heteroatoms. The molecule has 2 unspecified atom stereocenters. The second kappa shape index (κ2) is 8.06. The molecule has 0 bridgehead atoms. The molecular weight excluding hydrogens is 416 g/mol. The maximum atomic E-state index is 11.6. The zero-order chi connectivity index (χ0) is 23.0. The molecule has 2 N–H and O–H groups in total. The van der Waals surface area contributed by atoms with Gasteiger partial charge in [0.2, 0.25) is 0 Å². The number of hydrogen-bond acceptors (Lipinski definition) is 3. The van der Waals surface area contributed by atoms with Gasteiger partial charge in [-0.3, -0.25) is 9.59 Å². The summed E-state index contributed by atoms with van der Waals surface area (Å²) in [4.78, 5) is 27.8. The number of carboxylic acid groups (broad SMARTS) is 2. The fraction of sp³-hybridized carbons (Fsp3) is 0.148. The predicted molar refractivity (Wildman–Crippen MR) is 122 cm³/mol. The van der Waals surface area contributed by atoms with Gasteiger partial charge in [0.25, 0.3) is 0 Å². The molecule has 1 heterocycles. The van der Waals surface area contributed by atoms with Gasteiger partial charge in [0.15, 0.2) is 0 Å². The van der Waals surface area contributed by atoms with E-state index in [0.29, 0.717) is 5.69 Å². The summed E-state index contributed by atoms with van der Waals surface area (Å²) in [6.07, 6.45) is 3.48. The average molecular weight is 438 g/mol. The van der Waals surface area contributed by atoms with Crippen LogP contribution in [0.3, 0.4) is 0 Å². The summed E-state index contributed by atoms with van der Waals surface area (Å²) >= 11 is 0. The molecular formula is C27H22N2O4. The van der Waals surface area contributed by atoms with Crippen molar-refractivity contribution >= 4 is 11.9 Å². The van der Waals surface area contributed by atoms with Gasteiger partial charge in [-0.05, 0) is 16.7 Å². The van der Waals surface area contributed by atoms with E-state index in [1.807, 2.05) is 59.2 Å². The molecule has 5 rings (SSSR count). The van der Waals surface area contributed by atoms with Crippen molar-refractivity contribution in [2.75, 3.05) is 0 Å². The number of carbonyl (C=O) groups is 2. The molecule has 1 aliphatic carbocycles. The van der Waals surface area contributed by atoms with Crippen molar-refractivity contribution in [2.24, 2.45) is 11.8 Å². The van der Waals surface area contributed by atoms with Crippen LogP contribution >= 0.6 is 0 Å². The Morgan fingerprint density at radius 1 is 0.697 bits per heavy atom. The lowest BCUT2D eigenvalue weighted by molar-refractivity contribution is -0.144. The Kier molecular flexibility index (Phi) is 5.05. The van der Waals surface area contributed by atoms with E-state index >= 15 is 0 Å². The molecule has 1 aliphatic rings. The van der Waals surface area contributed by atoms with E-state index in [1.54, 1.807) is 12.5 Å². The number of nitrogens with zero attached hydrogens (tertiary/aromatic N) is 2. The van der Waals surface area contributed by atoms with Crippen LogP contribution in [0.2, 0.25) is 0 Å². The minimum absolute atomic E-state index is 0.474. The standard InChI is InChI=1S/C27H22N2O4/c30-25(31)23-22(24(23)26(32)33)21-16-29(17-28-21)27(18-10-4-1-5-11-18,19-12-6-2-7-13-19)20-14-8-3-9-15-20/h1-17,22-24H,(H,30,31)(H,32,33). The van der Waals surface area contributed by atoms with Crippen LogP contribution < -0.4 is 0 Å². The molecule has 2 atom stereocenters. The van der Waals surface area contributed by atoms with Crippen LogP contribution in [0.4, 0.5) is 0 Å². The van der Waals surface area contributed by atoms with Crippen molar-refractivity contribution in [3.8, 4) is 0 Å². The van der Waals surface area contributed by atoms with Gasteiger partial charge in [-0.1, -0.05) is 91.0 Å². The highest BCUT2D eigenvalue weighted by Gasteiger charge is 2.61. The molecule has 164 valence electrons. The lowest BCUT2D eigenvalue weighted by Crippen LogP contribution is -2.36. The van der Waals surface area contributed by atoms with Crippen LogP contribution in [0.1, 0.15) is 28.3 Å². The quantitative estimate of drug-likeness (QED) is 0.422. The van der Waals surface area contributed by atoms with Crippen LogP contribution in [0.15, 0.2) is 104 Å². The minimum Gasteiger partial charge on any atom is -0.481 e. The van der Waals surface area contributed by atoms with Crippen molar-refractivity contribution in [1.29, 1.82) is 0 Å². The first-order chi connectivity index (χ1) is 16.0. The monoisotopic (exact) mass is 438 g/mol. The van der Waals surface area contributed by atoms with Gasteiger partial charge in [0.05, 0.1) is 23.9 Å². The van der Waals surface area contributed by atoms with E-state index < -0.39 is 35.2 Å². The maximum Gasteiger partial charge on any atom is 0.308 e. The normalized spacial score (nSPS) is 19.7. The highest BCUT2D eigenvalue weighted by Crippen LogP contribution is 2.54. The molecule has 1 fully saturated rings. The smallest absolute Gasteiger partial charge is 0.308 e. The van der Waals surface area contributed by atoms with Gasteiger partial charge in [-0.25, -0.2) is 4.98 Å². The number of carboxylic acids is 2. The van der Waals surface area contributed by atoms with E-state index in [2.05, 4.69) is 41.4 Å². The SMILES string of the molecule is O=C(O)C1C(C(=O)O)C1c1cn(C(c2ccccc2)(c2ccccc2)c2ccccc2)cn1. The summed E-state index contributed by atoms with van der Waals surface area (Å²) in [6, 6.07) is 30.1. The van der Waals surface area contributed by atoms with Crippen molar-refractivity contribution in [3.05, 3.63) is 126 Å². The molecule has 0 aliphatic heterocycles. The summed E-state index contributed by atoms with van der Waals surface area (Å²) in [5, 5.41) is 19.0. The van der Waals surface area contributed by atoms with Crippen LogP contribution in [-0.4, -0.2) is 31.7 Å². The highest BCUT2D eigenvalue weighted by molar-refractivity contribution is 5.88. The van der Waals surface area contributed by atoms with E-state index in [-0.39, 0.29) is 0 Å². The van der Waals surface area contributed by atoms with Crippen LogP contribution in [-0.2, 0) is 15.1 Å².